The van der Waals surface area contributed by atoms with Crippen LogP contribution in [0.5, 0.6) is 0 Å². The van der Waals surface area contributed by atoms with Crippen molar-refractivity contribution in [2.24, 2.45) is 0 Å². The Kier molecular flexibility index (Phi) is 5.28. The number of halogens is 2. The van der Waals surface area contributed by atoms with E-state index in [-0.39, 0.29) is 11.7 Å². The third kappa shape index (κ3) is 3.98. The quantitative estimate of drug-likeness (QED) is 0.403. The Bertz CT molecular complexity index is 1190. The molecule has 0 bridgehead atoms. The predicted molar refractivity (Wildman–Crippen MR) is 116 cm³/mol. The molecule has 0 fully saturated rings. The number of fused-ring (bicyclic) bond motifs is 1. The van der Waals surface area contributed by atoms with Gasteiger partial charge in [0.05, 0.1) is 5.52 Å². The van der Waals surface area contributed by atoms with Crippen molar-refractivity contribution in [3.63, 3.8) is 0 Å². The number of nitrogens with zero attached hydrogens (tertiary/aromatic N) is 1. The molecule has 144 valence electrons. The fourth-order valence-corrected chi connectivity index (χ4v) is 3.40. The van der Waals surface area contributed by atoms with Gasteiger partial charge in [0.1, 0.15) is 5.82 Å². The molecule has 0 saturated carbocycles. The van der Waals surface area contributed by atoms with Crippen LogP contribution in [-0.4, -0.2) is 10.9 Å². The number of aryl methyl sites for hydroxylation is 1. The van der Waals surface area contributed by atoms with Crippen LogP contribution in [0.1, 0.15) is 21.5 Å². The number of aromatic nitrogens is 1. The molecule has 4 aromatic rings. The van der Waals surface area contributed by atoms with Crippen molar-refractivity contribution >= 4 is 34.1 Å². The number of hydrogen-bond acceptors (Lipinski definition) is 2. The van der Waals surface area contributed by atoms with E-state index in [0.717, 1.165) is 38.8 Å². The van der Waals surface area contributed by atoms with E-state index in [1.807, 2.05) is 37.3 Å². The second-order valence-corrected chi connectivity index (χ2v) is 7.09. The number of carbonyl (C=O) groups is 1. The number of hydrogen-bond donors (Lipinski definition) is 1. The van der Waals surface area contributed by atoms with Crippen molar-refractivity contribution in [2.45, 2.75) is 12.8 Å². The van der Waals surface area contributed by atoms with E-state index in [9.17, 15) is 9.18 Å². The summed E-state index contributed by atoms with van der Waals surface area (Å²) in [6.45, 7) is 1.93. The molecular weight excluding hydrogens is 387 g/mol. The van der Waals surface area contributed by atoms with Crippen LogP contribution in [0.3, 0.4) is 0 Å². The van der Waals surface area contributed by atoms with E-state index in [4.69, 9.17) is 11.6 Å². The highest BCUT2D eigenvalue weighted by molar-refractivity contribution is 6.17. The maximum atomic E-state index is 13.1. The van der Waals surface area contributed by atoms with E-state index < -0.39 is 0 Å². The molecule has 3 nitrogen and oxygen atoms in total. The Morgan fingerprint density at radius 3 is 2.31 bits per heavy atom. The highest BCUT2D eigenvalue weighted by atomic mass is 35.5. The van der Waals surface area contributed by atoms with Crippen molar-refractivity contribution in [3.8, 4) is 11.1 Å². The lowest BCUT2D eigenvalue weighted by Crippen LogP contribution is -2.12. The summed E-state index contributed by atoms with van der Waals surface area (Å²) < 4.78 is 13.1. The number of pyridine rings is 1. The molecule has 0 aliphatic carbocycles. The second kappa shape index (κ2) is 8.02. The van der Waals surface area contributed by atoms with Gasteiger partial charge in [0.25, 0.3) is 5.91 Å². The van der Waals surface area contributed by atoms with E-state index >= 15 is 0 Å². The van der Waals surface area contributed by atoms with Gasteiger partial charge in [-0.05, 0) is 65.6 Å². The molecule has 0 aliphatic rings. The Morgan fingerprint density at radius 2 is 1.66 bits per heavy atom. The molecule has 0 spiro atoms. The first-order valence-corrected chi connectivity index (χ1v) is 9.70. The molecule has 0 saturated heterocycles. The molecule has 1 N–H and O–H groups in total. The van der Waals surface area contributed by atoms with Crippen molar-refractivity contribution in [3.05, 3.63) is 95.4 Å². The number of amides is 1. The smallest absolute Gasteiger partial charge is 0.255 e. The number of anilines is 1. The lowest BCUT2D eigenvalue weighted by Gasteiger charge is -2.11. The molecule has 0 radical (unpaired) electrons. The molecule has 1 aromatic heterocycles. The summed E-state index contributed by atoms with van der Waals surface area (Å²) in [5.41, 5.74) is 5.77. The average molecular weight is 405 g/mol. The van der Waals surface area contributed by atoms with Crippen LogP contribution < -0.4 is 5.32 Å². The van der Waals surface area contributed by atoms with Gasteiger partial charge in [0, 0.05) is 28.7 Å². The van der Waals surface area contributed by atoms with Gasteiger partial charge in [-0.3, -0.25) is 9.78 Å². The largest absolute Gasteiger partial charge is 0.322 e. The van der Waals surface area contributed by atoms with E-state index in [2.05, 4.69) is 10.3 Å². The zero-order chi connectivity index (χ0) is 20.4. The van der Waals surface area contributed by atoms with Crippen LogP contribution in [0, 0.1) is 12.7 Å². The highest BCUT2D eigenvalue weighted by Crippen LogP contribution is 2.26. The normalized spacial score (nSPS) is 10.9. The SMILES string of the molecule is Cc1c(NC(=O)c2ccc(-c3ccc(F)cc3)cc2)ccc2cc(CCl)cnc12. The van der Waals surface area contributed by atoms with Crippen molar-refractivity contribution in [1.29, 1.82) is 0 Å². The van der Waals surface area contributed by atoms with Gasteiger partial charge in [-0.1, -0.05) is 30.3 Å². The van der Waals surface area contributed by atoms with Crippen molar-refractivity contribution in [2.75, 3.05) is 5.32 Å². The van der Waals surface area contributed by atoms with Gasteiger partial charge in [-0.2, -0.15) is 0 Å². The zero-order valence-electron chi connectivity index (χ0n) is 15.7. The Balaban J connectivity index is 1.56. The number of alkyl halides is 1. The molecule has 0 aliphatic heterocycles. The highest BCUT2D eigenvalue weighted by Gasteiger charge is 2.11. The van der Waals surface area contributed by atoms with Crippen LogP contribution in [0.4, 0.5) is 10.1 Å². The number of nitrogens with one attached hydrogen (secondary N) is 1. The molecule has 3 aromatic carbocycles. The molecule has 1 amide bonds. The number of benzene rings is 3. The van der Waals surface area contributed by atoms with Crippen LogP contribution in [0.25, 0.3) is 22.0 Å². The minimum atomic E-state index is -0.274. The summed E-state index contributed by atoms with van der Waals surface area (Å²) in [4.78, 5) is 17.2. The van der Waals surface area contributed by atoms with Crippen LogP contribution in [0.15, 0.2) is 72.9 Å². The maximum absolute atomic E-state index is 13.1. The first kappa shape index (κ1) is 19.1. The average Bonchev–Trinajstić information content (AvgIpc) is 2.76. The monoisotopic (exact) mass is 404 g/mol. The number of carbonyl (C=O) groups excluding carboxylic acids is 1. The fraction of sp³-hybridized carbons (Fsp3) is 0.0833. The Hall–Kier alpha value is -3.24. The molecule has 0 unspecified atom stereocenters. The minimum Gasteiger partial charge on any atom is -0.322 e. The summed E-state index contributed by atoms with van der Waals surface area (Å²) in [7, 11) is 0. The lowest BCUT2D eigenvalue weighted by atomic mass is 10.0. The summed E-state index contributed by atoms with van der Waals surface area (Å²) >= 11 is 5.88. The summed E-state index contributed by atoms with van der Waals surface area (Å²) in [6, 6.07) is 19.3. The van der Waals surface area contributed by atoms with E-state index in [1.54, 1.807) is 30.5 Å². The van der Waals surface area contributed by atoms with Gasteiger partial charge < -0.3 is 5.32 Å². The molecule has 29 heavy (non-hydrogen) atoms. The summed E-state index contributed by atoms with van der Waals surface area (Å²) in [5.74, 6) is -0.0617. The van der Waals surface area contributed by atoms with Gasteiger partial charge in [0.15, 0.2) is 0 Å². The fourth-order valence-electron chi connectivity index (χ4n) is 3.25. The first-order valence-electron chi connectivity index (χ1n) is 9.17. The van der Waals surface area contributed by atoms with Gasteiger partial charge >= 0.3 is 0 Å². The summed E-state index contributed by atoms with van der Waals surface area (Å²) in [5, 5.41) is 3.95. The standard InChI is InChI=1S/C24H18ClFN2O/c1-15-22(11-8-20-12-16(13-25)14-27-23(15)20)28-24(29)19-4-2-17(3-5-19)18-6-9-21(26)10-7-18/h2-12,14H,13H2,1H3,(H,28,29). The van der Waals surface area contributed by atoms with Crippen molar-refractivity contribution in [1.82, 2.24) is 4.98 Å². The van der Waals surface area contributed by atoms with E-state index in [0.29, 0.717) is 11.4 Å². The van der Waals surface area contributed by atoms with Crippen LogP contribution >= 0.6 is 11.6 Å². The number of rotatable bonds is 4. The second-order valence-electron chi connectivity index (χ2n) is 6.83. The van der Waals surface area contributed by atoms with Crippen LogP contribution in [-0.2, 0) is 5.88 Å². The predicted octanol–water partition coefficient (Wildman–Crippen LogP) is 6.34. The molecule has 1 heterocycles. The van der Waals surface area contributed by atoms with Gasteiger partial charge in [0.2, 0.25) is 0 Å². The summed E-state index contributed by atoms with van der Waals surface area (Å²) in [6.07, 6.45) is 1.75. The first-order chi connectivity index (χ1) is 14.0. The molecule has 4 rings (SSSR count). The van der Waals surface area contributed by atoms with Crippen LogP contribution in [0.2, 0.25) is 0 Å². The molecule has 0 atom stereocenters. The third-order valence-electron chi connectivity index (χ3n) is 4.89. The zero-order valence-corrected chi connectivity index (χ0v) is 16.5. The van der Waals surface area contributed by atoms with Gasteiger partial charge in [-0.25, -0.2) is 4.39 Å². The Labute approximate surface area is 173 Å². The Morgan fingerprint density at radius 1 is 1.00 bits per heavy atom. The van der Waals surface area contributed by atoms with E-state index in [1.165, 1.54) is 12.1 Å². The topological polar surface area (TPSA) is 42.0 Å². The lowest BCUT2D eigenvalue weighted by molar-refractivity contribution is 0.102. The van der Waals surface area contributed by atoms with Gasteiger partial charge in [-0.15, -0.1) is 11.6 Å². The maximum Gasteiger partial charge on any atom is 0.255 e. The minimum absolute atomic E-state index is 0.199. The van der Waals surface area contributed by atoms with Crippen molar-refractivity contribution < 1.29 is 9.18 Å². The molecule has 5 heteroatoms. The molecular formula is C24H18ClFN2O. The third-order valence-corrected chi connectivity index (χ3v) is 5.20.